The molecule has 0 aliphatic rings. The molecule has 0 heterocycles. The molecule has 94 valence electrons. The molecule has 1 aromatic carbocycles. The highest BCUT2D eigenvalue weighted by molar-refractivity contribution is 9.11. The van der Waals surface area contributed by atoms with Crippen LogP contribution in [-0.4, -0.2) is 12.6 Å². The molecule has 0 unspecified atom stereocenters. The van der Waals surface area contributed by atoms with E-state index in [2.05, 4.69) is 27.8 Å². The zero-order valence-corrected chi connectivity index (χ0v) is 11.7. The van der Waals surface area contributed by atoms with Crippen molar-refractivity contribution in [3.05, 3.63) is 40.6 Å². The van der Waals surface area contributed by atoms with E-state index in [0.717, 1.165) is 10.0 Å². The van der Waals surface area contributed by atoms with Crippen LogP contribution >= 0.6 is 15.9 Å². The van der Waals surface area contributed by atoms with Gasteiger partial charge >= 0.3 is 0 Å². The molecule has 0 atom stereocenters. The quantitative estimate of drug-likeness (QED) is 0.867. The summed E-state index contributed by atoms with van der Waals surface area (Å²) in [6, 6.07) is 4.87. The lowest BCUT2D eigenvalue weighted by Gasteiger charge is -2.13. The van der Waals surface area contributed by atoms with Crippen molar-refractivity contribution in [3.63, 3.8) is 0 Å². The molecular weight excluding hydrogens is 285 g/mol. The van der Waals surface area contributed by atoms with Gasteiger partial charge in [0, 0.05) is 22.6 Å². The Labute approximate surface area is 110 Å². The van der Waals surface area contributed by atoms with Crippen LogP contribution in [0.5, 0.6) is 5.75 Å². The van der Waals surface area contributed by atoms with Crippen LogP contribution in [-0.2, 0) is 6.54 Å². The first-order chi connectivity index (χ1) is 7.99. The minimum Gasteiger partial charge on any atom is -0.488 e. The van der Waals surface area contributed by atoms with Crippen LogP contribution in [0.25, 0.3) is 0 Å². The summed E-state index contributed by atoms with van der Waals surface area (Å²) in [5.74, 6) is 0.427. The highest BCUT2D eigenvalue weighted by atomic mass is 79.9. The smallest absolute Gasteiger partial charge is 0.124 e. The first-order valence-electron chi connectivity index (χ1n) is 5.47. The molecule has 0 bridgehead atoms. The van der Waals surface area contributed by atoms with Crippen LogP contribution in [0, 0.1) is 5.82 Å². The van der Waals surface area contributed by atoms with Gasteiger partial charge in [-0.15, -0.1) is 0 Å². The summed E-state index contributed by atoms with van der Waals surface area (Å²) >= 11 is 3.22. The average Bonchev–Trinajstić information content (AvgIpc) is 2.24. The summed E-state index contributed by atoms with van der Waals surface area (Å²) in [6.45, 7) is 8.74. The molecule has 0 aliphatic heterocycles. The van der Waals surface area contributed by atoms with Crippen LogP contribution < -0.4 is 10.1 Å². The van der Waals surface area contributed by atoms with Crippen molar-refractivity contribution >= 4 is 15.9 Å². The van der Waals surface area contributed by atoms with Gasteiger partial charge in [-0.3, -0.25) is 0 Å². The molecular formula is C13H17BrFNO. The van der Waals surface area contributed by atoms with Crippen molar-refractivity contribution in [1.29, 1.82) is 0 Å². The topological polar surface area (TPSA) is 21.3 Å². The van der Waals surface area contributed by atoms with E-state index in [0.29, 0.717) is 24.9 Å². The maximum Gasteiger partial charge on any atom is 0.124 e. The summed E-state index contributed by atoms with van der Waals surface area (Å²) in [5, 5.41) is 3.24. The van der Waals surface area contributed by atoms with Crippen molar-refractivity contribution in [1.82, 2.24) is 5.32 Å². The molecule has 0 radical (unpaired) electrons. The molecule has 0 amide bonds. The Morgan fingerprint density at radius 1 is 1.53 bits per heavy atom. The van der Waals surface area contributed by atoms with Crippen molar-refractivity contribution in [2.24, 2.45) is 0 Å². The molecule has 0 spiro atoms. The van der Waals surface area contributed by atoms with E-state index in [4.69, 9.17) is 4.74 Å². The largest absolute Gasteiger partial charge is 0.488 e. The Hall–Kier alpha value is -0.870. The Kier molecular flexibility index (Phi) is 5.65. The monoisotopic (exact) mass is 301 g/mol. The van der Waals surface area contributed by atoms with E-state index in [1.807, 2.05) is 13.8 Å². The molecule has 1 rings (SSSR count). The lowest BCUT2D eigenvalue weighted by molar-refractivity contribution is 0.354. The first-order valence-corrected chi connectivity index (χ1v) is 6.26. The highest BCUT2D eigenvalue weighted by Crippen LogP contribution is 2.21. The van der Waals surface area contributed by atoms with Crippen molar-refractivity contribution in [3.8, 4) is 5.75 Å². The standard InChI is InChI=1S/C13H17BrFNO/c1-9(2)16-7-11-6-12(15)4-5-13(11)17-8-10(3)14/h4-6,9,16H,3,7-8H2,1-2H3. The van der Waals surface area contributed by atoms with Gasteiger partial charge < -0.3 is 10.1 Å². The van der Waals surface area contributed by atoms with Crippen molar-refractivity contribution in [2.45, 2.75) is 26.4 Å². The van der Waals surface area contributed by atoms with E-state index in [1.165, 1.54) is 12.1 Å². The predicted octanol–water partition coefficient (Wildman–Crippen LogP) is 3.61. The van der Waals surface area contributed by atoms with Crippen LogP contribution in [0.4, 0.5) is 4.39 Å². The minimum atomic E-state index is -0.254. The Morgan fingerprint density at radius 3 is 2.82 bits per heavy atom. The molecule has 17 heavy (non-hydrogen) atoms. The van der Waals surface area contributed by atoms with E-state index >= 15 is 0 Å². The number of hydrogen-bond acceptors (Lipinski definition) is 2. The maximum absolute atomic E-state index is 13.2. The zero-order chi connectivity index (χ0) is 12.8. The molecule has 0 saturated carbocycles. The van der Waals surface area contributed by atoms with Gasteiger partial charge in [-0.1, -0.05) is 36.4 Å². The number of benzene rings is 1. The van der Waals surface area contributed by atoms with Gasteiger partial charge in [-0.25, -0.2) is 4.39 Å². The third kappa shape index (κ3) is 5.33. The van der Waals surface area contributed by atoms with E-state index in [-0.39, 0.29) is 5.82 Å². The molecule has 1 N–H and O–H groups in total. The average molecular weight is 302 g/mol. The van der Waals surface area contributed by atoms with Gasteiger partial charge in [0.15, 0.2) is 0 Å². The van der Waals surface area contributed by atoms with Gasteiger partial charge in [0.25, 0.3) is 0 Å². The third-order valence-corrected chi connectivity index (χ3v) is 2.34. The molecule has 1 aromatic rings. The summed E-state index contributed by atoms with van der Waals surface area (Å²) in [5.41, 5.74) is 0.812. The minimum absolute atomic E-state index is 0.254. The summed E-state index contributed by atoms with van der Waals surface area (Å²) in [6.07, 6.45) is 0. The first kappa shape index (κ1) is 14.2. The normalized spacial score (nSPS) is 10.6. The van der Waals surface area contributed by atoms with Crippen LogP contribution in [0.15, 0.2) is 29.3 Å². The fourth-order valence-electron chi connectivity index (χ4n) is 1.30. The van der Waals surface area contributed by atoms with Gasteiger partial charge in [0.05, 0.1) is 0 Å². The maximum atomic E-state index is 13.2. The number of nitrogens with one attached hydrogen (secondary N) is 1. The van der Waals surface area contributed by atoms with Crippen LogP contribution in [0.1, 0.15) is 19.4 Å². The third-order valence-electron chi connectivity index (χ3n) is 2.11. The molecule has 0 aromatic heterocycles. The zero-order valence-electron chi connectivity index (χ0n) is 10.1. The number of rotatable bonds is 6. The molecule has 0 aliphatic carbocycles. The second-order valence-electron chi connectivity index (χ2n) is 4.09. The van der Waals surface area contributed by atoms with Crippen molar-refractivity contribution in [2.75, 3.05) is 6.61 Å². The summed E-state index contributed by atoms with van der Waals surface area (Å²) in [7, 11) is 0. The molecule has 4 heteroatoms. The van der Waals surface area contributed by atoms with Gasteiger partial charge in [-0.05, 0) is 18.2 Å². The second kappa shape index (κ2) is 6.77. The van der Waals surface area contributed by atoms with Crippen LogP contribution in [0.2, 0.25) is 0 Å². The van der Waals surface area contributed by atoms with Crippen LogP contribution in [0.3, 0.4) is 0 Å². The van der Waals surface area contributed by atoms with E-state index in [9.17, 15) is 4.39 Å². The van der Waals surface area contributed by atoms with Gasteiger partial charge in [0.2, 0.25) is 0 Å². The molecule has 0 saturated heterocycles. The SMILES string of the molecule is C=C(Br)COc1ccc(F)cc1CNC(C)C. The van der Waals surface area contributed by atoms with Gasteiger partial charge in [-0.2, -0.15) is 0 Å². The predicted molar refractivity (Wildman–Crippen MR) is 71.9 cm³/mol. The molecule has 0 fully saturated rings. The van der Waals surface area contributed by atoms with Gasteiger partial charge in [0.1, 0.15) is 18.2 Å². The van der Waals surface area contributed by atoms with E-state index < -0.39 is 0 Å². The number of halogens is 2. The van der Waals surface area contributed by atoms with Crippen molar-refractivity contribution < 1.29 is 9.13 Å². The summed E-state index contributed by atoms with van der Waals surface area (Å²) in [4.78, 5) is 0. The fourth-order valence-corrected chi connectivity index (χ4v) is 1.41. The summed E-state index contributed by atoms with van der Waals surface area (Å²) < 4.78 is 19.4. The highest BCUT2D eigenvalue weighted by Gasteiger charge is 2.06. The second-order valence-corrected chi connectivity index (χ2v) is 5.22. The molecule has 2 nitrogen and oxygen atoms in total. The Balaban J connectivity index is 2.76. The van der Waals surface area contributed by atoms with E-state index in [1.54, 1.807) is 6.07 Å². The lowest BCUT2D eigenvalue weighted by atomic mass is 10.2. The number of hydrogen-bond donors (Lipinski definition) is 1. The Bertz CT molecular complexity index is 393. The number of ether oxygens (including phenoxy) is 1. The lowest BCUT2D eigenvalue weighted by Crippen LogP contribution is -2.22. The fraction of sp³-hybridized carbons (Fsp3) is 0.385. The Morgan fingerprint density at radius 2 is 2.24 bits per heavy atom.